The summed E-state index contributed by atoms with van der Waals surface area (Å²) in [6.07, 6.45) is 1.52. The van der Waals surface area contributed by atoms with Gasteiger partial charge in [-0.05, 0) is 18.9 Å². The van der Waals surface area contributed by atoms with Crippen molar-refractivity contribution in [1.82, 2.24) is 30.5 Å². The fraction of sp³-hybridized carbons (Fsp3) is 0.333. The summed E-state index contributed by atoms with van der Waals surface area (Å²) in [7, 11) is 1.63. The second kappa shape index (κ2) is 7.59. The molecule has 32 heavy (non-hydrogen) atoms. The molecule has 3 aromatic rings. The molecule has 11 heteroatoms. The fourth-order valence-electron chi connectivity index (χ4n) is 3.61. The topological polar surface area (TPSA) is 130 Å². The smallest absolute Gasteiger partial charge is 0.273 e. The van der Waals surface area contributed by atoms with Crippen molar-refractivity contribution in [3.8, 4) is 11.3 Å². The van der Waals surface area contributed by atoms with Crippen LogP contribution >= 0.6 is 0 Å². The van der Waals surface area contributed by atoms with Gasteiger partial charge in [0.05, 0.1) is 23.6 Å². The monoisotopic (exact) mass is 439 g/mol. The molecule has 2 aliphatic rings. The van der Waals surface area contributed by atoms with Crippen molar-refractivity contribution in [2.45, 2.75) is 19.4 Å². The Labute approximate surface area is 192 Å². The molecule has 11 nitrogen and oxygen atoms in total. The van der Waals surface area contributed by atoms with Gasteiger partial charge in [0.25, 0.3) is 5.91 Å². The van der Waals surface area contributed by atoms with Crippen molar-refractivity contribution >= 4 is 34.7 Å². The van der Waals surface area contributed by atoms with Crippen LogP contribution in [0.5, 0.6) is 0 Å². The van der Waals surface area contributed by atoms with Gasteiger partial charge >= 0.3 is 0 Å². The number of amides is 2. The van der Waals surface area contributed by atoms with Gasteiger partial charge in [-0.15, -0.1) is 10.2 Å². The first-order chi connectivity index (χ1) is 17.8. The predicted octanol–water partition coefficient (Wildman–Crippen LogP) is 1.67. The Morgan fingerprint density at radius 2 is 2.06 bits per heavy atom. The highest BCUT2D eigenvalue weighted by Gasteiger charge is 2.30. The number of para-hydroxylation sites is 1. The summed E-state index contributed by atoms with van der Waals surface area (Å²) >= 11 is 0. The van der Waals surface area contributed by atoms with Gasteiger partial charge in [0.1, 0.15) is 11.4 Å². The third-order valence-electron chi connectivity index (χ3n) is 5.24. The molecule has 0 unspecified atom stereocenters. The molecule has 0 atom stereocenters. The maximum Gasteiger partial charge on any atom is 0.273 e. The number of hydrogen-bond donors (Lipinski definition) is 3. The number of fused-ring (bicyclic) bond motifs is 3. The van der Waals surface area contributed by atoms with Gasteiger partial charge in [0.2, 0.25) is 5.91 Å². The number of carbonyl (C=O) groups is 2. The molecular formula is C21H23N9O2. The van der Waals surface area contributed by atoms with E-state index < -0.39 is 19.9 Å². The van der Waals surface area contributed by atoms with Crippen LogP contribution < -0.4 is 20.9 Å². The molecule has 3 N–H and O–H groups in total. The van der Waals surface area contributed by atoms with E-state index in [1.807, 2.05) is 5.32 Å². The van der Waals surface area contributed by atoms with Crippen molar-refractivity contribution in [2.24, 2.45) is 13.0 Å². The number of aryl methyl sites for hydroxylation is 1. The van der Waals surface area contributed by atoms with Crippen LogP contribution in [-0.2, 0) is 18.4 Å². The number of nitrogens with zero attached hydrogens (tertiary/aromatic N) is 6. The van der Waals surface area contributed by atoms with Gasteiger partial charge < -0.3 is 20.9 Å². The molecule has 164 valence electrons. The van der Waals surface area contributed by atoms with Crippen molar-refractivity contribution in [3.63, 3.8) is 0 Å². The molecule has 3 heterocycles. The highest BCUT2D eigenvalue weighted by Crippen LogP contribution is 2.42. The first kappa shape index (κ1) is 14.1. The minimum atomic E-state index is -2.79. The van der Waals surface area contributed by atoms with Gasteiger partial charge in [-0.3, -0.25) is 9.59 Å². The lowest BCUT2D eigenvalue weighted by molar-refractivity contribution is -0.117. The van der Waals surface area contributed by atoms with E-state index in [9.17, 15) is 9.59 Å². The quantitative estimate of drug-likeness (QED) is 0.547. The van der Waals surface area contributed by atoms with Gasteiger partial charge in [0, 0.05) is 46.8 Å². The van der Waals surface area contributed by atoms with Crippen LogP contribution in [0.3, 0.4) is 0 Å². The van der Waals surface area contributed by atoms with Crippen LogP contribution in [0.15, 0.2) is 24.3 Å². The van der Waals surface area contributed by atoms with Gasteiger partial charge in [-0.25, -0.2) is 0 Å². The lowest BCUT2D eigenvalue weighted by atomic mass is 10.0. The molecular weight excluding hydrogens is 410 g/mol. The third-order valence-corrected chi connectivity index (χ3v) is 5.24. The SMILES string of the molecule is [2H]C([2H])([2H])NC(=O)c1nnc(NC(=O)C2CC2)cc1Nc1cccc2c1N(C([2H])([2H])[2H])Cc1nn(C)nc1-2. The normalized spacial score (nSPS) is 18.0. The summed E-state index contributed by atoms with van der Waals surface area (Å²) in [5.74, 6) is -1.36. The predicted molar refractivity (Wildman–Crippen MR) is 119 cm³/mol. The summed E-state index contributed by atoms with van der Waals surface area (Å²) in [4.78, 5) is 27.6. The van der Waals surface area contributed by atoms with E-state index in [1.165, 1.54) is 15.8 Å². The molecule has 0 radical (unpaired) electrons. The summed E-state index contributed by atoms with van der Waals surface area (Å²) in [5.41, 5.74) is 1.71. The molecule has 0 bridgehead atoms. The van der Waals surface area contributed by atoms with E-state index in [2.05, 4.69) is 31.0 Å². The average molecular weight is 440 g/mol. The second-order valence-electron chi connectivity index (χ2n) is 7.61. The fourth-order valence-corrected chi connectivity index (χ4v) is 3.61. The van der Waals surface area contributed by atoms with Crippen LogP contribution in [0.4, 0.5) is 22.9 Å². The lowest BCUT2D eigenvalue weighted by Gasteiger charge is -2.28. The Morgan fingerprint density at radius 3 is 2.84 bits per heavy atom. The Kier molecular flexibility index (Phi) is 3.35. The van der Waals surface area contributed by atoms with Crippen LogP contribution in [0.1, 0.15) is 37.2 Å². The van der Waals surface area contributed by atoms with E-state index in [-0.39, 0.29) is 46.9 Å². The largest absolute Gasteiger partial charge is 0.366 e. The molecule has 1 aromatic carbocycles. The molecule has 0 spiro atoms. The molecule has 1 fully saturated rings. The van der Waals surface area contributed by atoms with Crippen LogP contribution in [-0.4, -0.2) is 51.0 Å². The maximum absolute atomic E-state index is 12.8. The van der Waals surface area contributed by atoms with E-state index in [0.29, 0.717) is 17.0 Å². The Morgan fingerprint density at radius 1 is 1.19 bits per heavy atom. The summed E-state index contributed by atoms with van der Waals surface area (Å²) in [6, 6.07) is 6.33. The molecule has 5 rings (SSSR count). The minimum Gasteiger partial charge on any atom is -0.366 e. The minimum absolute atomic E-state index is 0.0108. The van der Waals surface area contributed by atoms with Gasteiger partial charge in [-0.2, -0.15) is 15.0 Å². The molecule has 1 aliphatic heterocycles. The summed E-state index contributed by atoms with van der Waals surface area (Å²) in [6.45, 7) is -5.39. The van der Waals surface area contributed by atoms with Crippen molar-refractivity contribution in [2.75, 3.05) is 29.5 Å². The number of benzene rings is 1. The van der Waals surface area contributed by atoms with Gasteiger partial charge in [0.15, 0.2) is 11.5 Å². The first-order valence-corrected chi connectivity index (χ1v) is 9.89. The molecule has 1 saturated carbocycles. The zero-order valence-electron chi connectivity index (χ0n) is 23.0. The molecule has 2 aromatic heterocycles. The molecule has 2 amide bonds. The van der Waals surface area contributed by atoms with Crippen molar-refractivity contribution in [1.29, 1.82) is 0 Å². The highest BCUT2D eigenvalue weighted by molar-refractivity contribution is 6.01. The Bertz CT molecular complexity index is 1430. The van der Waals surface area contributed by atoms with Crippen molar-refractivity contribution in [3.05, 3.63) is 35.7 Å². The van der Waals surface area contributed by atoms with E-state index >= 15 is 0 Å². The van der Waals surface area contributed by atoms with E-state index in [4.69, 9.17) is 8.22 Å². The maximum atomic E-state index is 12.8. The van der Waals surface area contributed by atoms with Crippen LogP contribution in [0, 0.1) is 5.92 Å². The number of carbonyl (C=O) groups excluding carboxylic acids is 2. The van der Waals surface area contributed by atoms with Crippen LogP contribution in [0.25, 0.3) is 11.3 Å². The third kappa shape index (κ3) is 3.51. The van der Waals surface area contributed by atoms with Crippen molar-refractivity contribution < 1.29 is 17.8 Å². The molecule has 1 aliphatic carbocycles. The van der Waals surface area contributed by atoms with E-state index in [0.717, 1.165) is 12.8 Å². The number of anilines is 4. The highest BCUT2D eigenvalue weighted by atomic mass is 16.2. The first-order valence-electron chi connectivity index (χ1n) is 12.9. The van der Waals surface area contributed by atoms with Crippen LogP contribution in [0.2, 0.25) is 0 Å². The summed E-state index contributed by atoms with van der Waals surface area (Å²) < 4.78 is 46.5. The second-order valence-corrected chi connectivity index (χ2v) is 7.61. The zero-order valence-corrected chi connectivity index (χ0v) is 17.0. The Hall–Kier alpha value is -4.02. The molecule has 0 saturated heterocycles. The number of aromatic nitrogens is 5. The zero-order chi connectivity index (χ0) is 27.4. The number of nitrogens with one attached hydrogen (secondary N) is 3. The number of hydrogen-bond acceptors (Lipinski definition) is 8. The standard InChI is InChI=1S/C21H23N9O2/c1-22-21(32)18-14(9-16(25-26-18)24-20(31)11-7-8-11)23-13-6-4-5-12-17-15(27-30(3)28-17)10-29(2)19(12)13/h4-6,9,11H,7-8,10H2,1-3H3,(H,22,32)(H2,23,24,25,31)/i1D3,2D3. The lowest BCUT2D eigenvalue weighted by Crippen LogP contribution is -2.24. The number of rotatable bonds is 5. The average Bonchev–Trinajstić information content (AvgIpc) is 3.58. The van der Waals surface area contributed by atoms with E-state index in [1.54, 1.807) is 25.2 Å². The summed E-state index contributed by atoms with van der Waals surface area (Å²) in [5, 5.41) is 23.9. The van der Waals surface area contributed by atoms with Gasteiger partial charge in [-0.1, -0.05) is 12.1 Å². The Balaban J connectivity index is 1.60.